The van der Waals surface area contributed by atoms with Gasteiger partial charge in [-0.1, -0.05) is 18.2 Å². The Morgan fingerprint density at radius 1 is 1.32 bits per heavy atom. The number of hydrogen-bond donors (Lipinski definition) is 1. The molecule has 1 N–H and O–H groups in total. The van der Waals surface area contributed by atoms with Gasteiger partial charge < -0.3 is 15.1 Å². The van der Waals surface area contributed by atoms with Crippen LogP contribution >= 0.6 is 0 Å². The van der Waals surface area contributed by atoms with Crippen LogP contribution in [0.3, 0.4) is 0 Å². The number of amides is 2. The molecule has 0 spiro atoms. The Hall–Kier alpha value is -2.50. The van der Waals surface area contributed by atoms with Crippen molar-refractivity contribution >= 4 is 17.4 Å². The largest absolute Gasteiger partial charge is 0.369 e. The summed E-state index contributed by atoms with van der Waals surface area (Å²) >= 11 is 0. The van der Waals surface area contributed by atoms with Gasteiger partial charge in [-0.2, -0.15) is 5.10 Å². The van der Waals surface area contributed by atoms with E-state index in [-0.39, 0.29) is 18.1 Å². The van der Waals surface area contributed by atoms with Gasteiger partial charge in [0.25, 0.3) is 0 Å². The minimum absolute atomic E-state index is 0.0804. The van der Waals surface area contributed by atoms with Crippen LogP contribution in [0.1, 0.15) is 32.7 Å². The summed E-state index contributed by atoms with van der Waals surface area (Å²) in [5.74, 6) is 0. The Kier molecular flexibility index (Phi) is 5.26. The van der Waals surface area contributed by atoms with Crippen LogP contribution in [-0.4, -0.2) is 46.9 Å². The van der Waals surface area contributed by atoms with E-state index in [4.69, 9.17) is 0 Å². The van der Waals surface area contributed by atoms with Crippen LogP contribution in [0.5, 0.6) is 0 Å². The summed E-state index contributed by atoms with van der Waals surface area (Å²) in [4.78, 5) is 16.8. The molecular weight excluding hydrogens is 314 g/mol. The Morgan fingerprint density at radius 3 is 2.76 bits per heavy atom. The van der Waals surface area contributed by atoms with Gasteiger partial charge in [0.15, 0.2) is 0 Å². The Bertz CT molecular complexity index is 697. The van der Waals surface area contributed by atoms with Gasteiger partial charge in [0.05, 0.1) is 17.9 Å². The van der Waals surface area contributed by atoms with Crippen molar-refractivity contribution in [2.75, 3.05) is 30.4 Å². The number of aromatic nitrogens is 2. The number of nitrogens with one attached hydrogen (secondary N) is 1. The number of nitrogens with zero attached hydrogens (tertiary/aromatic N) is 4. The summed E-state index contributed by atoms with van der Waals surface area (Å²) in [5.41, 5.74) is 1.96. The number of urea groups is 1. The highest BCUT2D eigenvalue weighted by Gasteiger charge is 2.26. The highest BCUT2D eigenvalue weighted by Crippen LogP contribution is 2.22. The number of anilines is 2. The van der Waals surface area contributed by atoms with Crippen LogP contribution in [0.15, 0.2) is 42.7 Å². The van der Waals surface area contributed by atoms with E-state index in [0.29, 0.717) is 0 Å². The van der Waals surface area contributed by atoms with E-state index in [1.54, 1.807) is 6.20 Å². The third-order valence-electron chi connectivity index (χ3n) is 4.77. The lowest BCUT2D eigenvalue weighted by atomic mass is 10.0. The first kappa shape index (κ1) is 17.3. The van der Waals surface area contributed by atoms with E-state index >= 15 is 0 Å². The lowest BCUT2D eigenvalue weighted by Gasteiger charge is -2.38. The fourth-order valence-electron chi connectivity index (χ4n) is 3.21. The number of rotatable bonds is 4. The molecule has 1 aliphatic rings. The van der Waals surface area contributed by atoms with Crippen LogP contribution < -0.4 is 10.2 Å². The van der Waals surface area contributed by atoms with E-state index < -0.39 is 0 Å². The molecule has 0 aliphatic carbocycles. The summed E-state index contributed by atoms with van der Waals surface area (Å²) in [6.45, 7) is 6.02. The number of carbonyl (C=O) groups excluding carboxylic acids is 1. The first-order valence-electron chi connectivity index (χ1n) is 8.92. The minimum Gasteiger partial charge on any atom is -0.369 e. The zero-order valence-corrected chi connectivity index (χ0v) is 15.2. The molecule has 1 fully saturated rings. The molecule has 6 nitrogen and oxygen atoms in total. The summed E-state index contributed by atoms with van der Waals surface area (Å²) in [6.07, 6.45) is 5.68. The van der Waals surface area contributed by atoms with Gasteiger partial charge in [-0.3, -0.25) is 4.68 Å². The zero-order chi connectivity index (χ0) is 17.8. The van der Waals surface area contributed by atoms with Crippen molar-refractivity contribution in [3.8, 4) is 0 Å². The molecule has 25 heavy (non-hydrogen) atoms. The summed E-state index contributed by atoms with van der Waals surface area (Å²) in [6, 6.07) is 10.8. The number of para-hydroxylation sites is 1. The molecule has 3 rings (SSSR count). The molecule has 2 aromatic rings. The zero-order valence-electron chi connectivity index (χ0n) is 15.2. The molecule has 0 radical (unpaired) electrons. The molecule has 2 amide bonds. The number of benzene rings is 1. The third-order valence-corrected chi connectivity index (χ3v) is 4.77. The van der Waals surface area contributed by atoms with Gasteiger partial charge in [-0.05, 0) is 38.8 Å². The van der Waals surface area contributed by atoms with Gasteiger partial charge in [-0.15, -0.1) is 0 Å². The fourth-order valence-corrected chi connectivity index (χ4v) is 3.21. The second-order valence-electron chi connectivity index (χ2n) is 6.92. The van der Waals surface area contributed by atoms with Crippen molar-refractivity contribution in [1.82, 2.24) is 14.7 Å². The SMILES string of the molecule is CC(C)n1cc(NC(=O)N(C)C2CCCN(c3ccccc3)C2)cn1. The molecule has 6 heteroatoms. The second kappa shape index (κ2) is 7.59. The minimum atomic E-state index is -0.0804. The average molecular weight is 341 g/mol. The van der Waals surface area contributed by atoms with Crippen molar-refractivity contribution in [2.24, 2.45) is 0 Å². The average Bonchev–Trinajstić information content (AvgIpc) is 3.11. The van der Waals surface area contributed by atoms with E-state index in [1.807, 2.05) is 28.9 Å². The molecule has 1 aliphatic heterocycles. The van der Waals surface area contributed by atoms with E-state index in [0.717, 1.165) is 31.6 Å². The molecule has 1 unspecified atom stereocenters. The van der Waals surface area contributed by atoms with Gasteiger partial charge in [0, 0.05) is 38.1 Å². The lowest BCUT2D eigenvalue weighted by Crippen LogP contribution is -2.49. The van der Waals surface area contributed by atoms with Gasteiger partial charge in [0.2, 0.25) is 0 Å². The van der Waals surface area contributed by atoms with E-state index in [9.17, 15) is 4.79 Å². The first-order chi connectivity index (χ1) is 12.0. The highest BCUT2D eigenvalue weighted by atomic mass is 16.2. The number of piperidine rings is 1. The van der Waals surface area contributed by atoms with Crippen molar-refractivity contribution in [3.05, 3.63) is 42.7 Å². The Morgan fingerprint density at radius 2 is 2.08 bits per heavy atom. The van der Waals surface area contributed by atoms with Crippen LogP contribution in [0.4, 0.5) is 16.2 Å². The lowest BCUT2D eigenvalue weighted by molar-refractivity contribution is 0.196. The Balaban J connectivity index is 1.61. The summed E-state index contributed by atoms with van der Waals surface area (Å²) < 4.78 is 1.84. The van der Waals surface area contributed by atoms with E-state index in [2.05, 4.69) is 53.4 Å². The van der Waals surface area contributed by atoms with Crippen LogP contribution in [-0.2, 0) is 0 Å². The standard InChI is InChI=1S/C19H27N5O/c1-15(2)24-13-16(12-20-24)21-19(25)22(3)18-10-7-11-23(14-18)17-8-5-4-6-9-17/h4-6,8-9,12-13,15,18H,7,10-11,14H2,1-3H3,(H,21,25). The monoisotopic (exact) mass is 341 g/mol. The Labute approximate surface area is 149 Å². The molecule has 1 aromatic carbocycles. The quantitative estimate of drug-likeness (QED) is 0.924. The molecular formula is C19H27N5O. The fraction of sp³-hybridized carbons (Fsp3) is 0.474. The number of carbonyl (C=O) groups is 1. The van der Waals surface area contributed by atoms with Crippen LogP contribution in [0, 0.1) is 0 Å². The van der Waals surface area contributed by atoms with Crippen molar-refractivity contribution in [2.45, 2.75) is 38.8 Å². The second-order valence-corrected chi connectivity index (χ2v) is 6.92. The number of likely N-dealkylation sites (N-methyl/N-ethyl adjacent to an activating group) is 1. The topological polar surface area (TPSA) is 53.4 Å². The maximum absolute atomic E-state index is 12.6. The van der Waals surface area contributed by atoms with Crippen LogP contribution in [0.2, 0.25) is 0 Å². The van der Waals surface area contributed by atoms with Crippen molar-refractivity contribution < 1.29 is 4.79 Å². The smallest absolute Gasteiger partial charge is 0.321 e. The first-order valence-corrected chi connectivity index (χ1v) is 8.92. The molecule has 1 atom stereocenters. The predicted molar refractivity (Wildman–Crippen MR) is 101 cm³/mol. The molecule has 1 aromatic heterocycles. The third kappa shape index (κ3) is 4.13. The maximum Gasteiger partial charge on any atom is 0.321 e. The molecule has 1 saturated heterocycles. The highest BCUT2D eigenvalue weighted by molar-refractivity contribution is 5.89. The molecule has 2 heterocycles. The van der Waals surface area contributed by atoms with E-state index in [1.165, 1.54) is 5.69 Å². The predicted octanol–water partition coefficient (Wildman–Crippen LogP) is 3.60. The summed E-state index contributed by atoms with van der Waals surface area (Å²) in [5, 5.41) is 7.22. The summed E-state index contributed by atoms with van der Waals surface area (Å²) in [7, 11) is 1.88. The molecule has 0 saturated carbocycles. The van der Waals surface area contributed by atoms with Crippen molar-refractivity contribution in [3.63, 3.8) is 0 Å². The van der Waals surface area contributed by atoms with Crippen molar-refractivity contribution in [1.29, 1.82) is 0 Å². The maximum atomic E-state index is 12.6. The number of hydrogen-bond acceptors (Lipinski definition) is 3. The van der Waals surface area contributed by atoms with Crippen LogP contribution in [0.25, 0.3) is 0 Å². The van der Waals surface area contributed by atoms with Gasteiger partial charge in [-0.25, -0.2) is 4.79 Å². The normalized spacial score (nSPS) is 17.6. The van der Waals surface area contributed by atoms with Gasteiger partial charge in [0.1, 0.15) is 0 Å². The molecule has 134 valence electrons. The molecule has 0 bridgehead atoms. The van der Waals surface area contributed by atoms with Gasteiger partial charge >= 0.3 is 6.03 Å².